The lowest BCUT2D eigenvalue weighted by atomic mass is 9.87. The Morgan fingerprint density at radius 3 is 3.11 bits per heavy atom. The van der Waals surface area contributed by atoms with E-state index in [1.54, 1.807) is 6.07 Å². The van der Waals surface area contributed by atoms with Gasteiger partial charge < -0.3 is 15.2 Å². The zero-order valence-corrected chi connectivity index (χ0v) is 11.3. The molecular weight excluding hydrogens is 226 g/mol. The molecule has 0 bridgehead atoms. The summed E-state index contributed by atoms with van der Waals surface area (Å²) in [6, 6.07) is 6.41. The first kappa shape index (κ1) is 13.4. The summed E-state index contributed by atoms with van der Waals surface area (Å²) >= 11 is 0. The Morgan fingerprint density at radius 1 is 1.50 bits per heavy atom. The molecule has 2 rings (SSSR count). The molecule has 0 saturated heterocycles. The molecule has 0 aliphatic heterocycles. The number of benzene rings is 1. The summed E-state index contributed by atoms with van der Waals surface area (Å²) in [7, 11) is 0. The van der Waals surface area contributed by atoms with Crippen molar-refractivity contribution in [2.45, 2.75) is 45.2 Å². The van der Waals surface area contributed by atoms with Gasteiger partial charge in [0.25, 0.3) is 0 Å². The summed E-state index contributed by atoms with van der Waals surface area (Å²) in [6.07, 6.45) is 3.46. The Kier molecular flexibility index (Phi) is 4.61. The van der Waals surface area contributed by atoms with E-state index in [1.165, 1.54) is 17.5 Å². The van der Waals surface area contributed by atoms with E-state index in [9.17, 15) is 5.11 Å². The number of ether oxygens (including phenoxy) is 1. The van der Waals surface area contributed by atoms with Crippen molar-refractivity contribution < 1.29 is 9.84 Å². The molecule has 1 aliphatic carbocycles. The van der Waals surface area contributed by atoms with Crippen LogP contribution >= 0.6 is 0 Å². The summed E-state index contributed by atoms with van der Waals surface area (Å²) in [5, 5.41) is 13.2. The molecule has 100 valence electrons. The highest BCUT2D eigenvalue weighted by molar-refractivity contribution is 5.38. The van der Waals surface area contributed by atoms with Crippen molar-refractivity contribution in [1.29, 1.82) is 0 Å². The first-order chi connectivity index (χ1) is 8.70. The predicted octanol–water partition coefficient (Wildman–Crippen LogP) is 2.78. The predicted molar refractivity (Wildman–Crippen MR) is 72.9 cm³/mol. The molecule has 3 nitrogen and oxygen atoms in total. The van der Waals surface area contributed by atoms with E-state index in [0.29, 0.717) is 17.8 Å². The second kappa shape index (κ2) is 6.21. The molecule has 0 amide bonds. The highest BCUT2D eigenvalue weighted by Crippen LogP contribution is 2.32. The average molecular weight is 249 g/mol. The van der Waals surface area contributed by atoms with E-state index in [0.717, 1.165) is 26.1 Å². The first-order valence-corrected chi connectivity index (χ1v) is 6.86. The molecule has 0 heterocycles. The molecule has 0 radical (unpaired) electrons. The molecule has 1 aromatic carbocycles. The third-order valence-electron chi connectivity index (χ3n) is 3.50. The number of hydrogen-bond acceptors (Lipinski definition) is 3. The summed E-state index contributed by atoms with van der Waals surface area (Å²) < 4.78 is 5.44. The van der Waals surface area contributed by atoms with Gasteiger partial charge in [-0.05, 0) is 56.4 Å². The summed E-state index contributed by atoms with van der Waals surface area (Å²) in [6.45, 7) is 5.66. The van der Waals surface area contributed by atoms with Crippen LogP contribution < -0.4 is 5.32 Å². The van der Waals surface area contributed by atoms with E-state index >= 15 is 0 Å². The number of rotatable bonds is 5. The van der Waals surface area contributed by atoms with Gasteiger partial charge in [0.05, 0.1) is 6.61 Å². The zero-order valence-electron chi connectivity index (χ0n) is 11.3. The van der Waals surface area contributed by atoms with Gasteiger partial charge in [0, 0.05) is 18.7 Å². The van der Waals surface area contributed by atoms with Crippen molar-refractivity contribution in [3.05, 3.63) is 29.3 Å². The Hall–Kier alpha value is -1.06. The lowest BCUT2D eigenvalue weighted by Crippen LogP contribution is -2.35. The maximum atomic E-state index is 9.63. The normalized spacial score (nSPS) is 20.4. The van der Waals surface area contributed by atoms with Crippen LogP contribution in [0.25, 0.3) is 0 Å². The minimum atomic E-state index is 0.336. The van der Waals surface area contributed by atoms with E-state index in [2.05, 4.69) is 12.2 Å². The maximum Gasteiger partial charge on any atom is 0.115 e. The number of fused-ring (bicyclic) bond motifs is 1. The largest absolute Gasteiger partial charge is 0.508 e. The van der Waals surface area contributed by atoms with E-state index in [1.807, 2.05) is 19.1 Å². The summed E-state index contributed by atoms with van der Waals surface area (Å²) in [5.74, 6) is 0.361. The molecule has 1 aliphatic rings. The van der Waals surface area contributed by atoms with E-state index in [4.69, 9.17) is 4.74 Å². The Morgan fingerprint density at radius 2 is 2.33 bits per heavy atom. The fourth-order valence-electron chi connectivity index (χ4n) is 2.65. The molecular formula is C15H23NO2. The molecule has 1 aromatic rings. The molecule has 2 unspecified atom stereocenters. The van der Waals surface area contributed by atoms with Crippen LogP contribution in [0.15, 0.2) is 18.2 Å². The van der Waals surface area contributed by atoms with Gasteiger partial charge in [-0.1, -0.05) is 6.07 Å². The number of aromatic hydroxyl groups is 1. The number of phenols is 1. The van der Waals surface area contributed by atoms with E-state index in [-0.39, 0.29) is 0 Å². The third kappa shape index (κ3) is 3.24. The fourth-order valence-corrected chi connectivity index (χ4v) is 2.65. The third-order valence-corrected chi connectivity index (χ3v) is 3.50. The SMILES string of the molecule is CCOCC(C)NC1CCCc2ccc(O)cc21. The smallest absolute Gasteiger partial charge is 0.115 e. The van der Waals surface area contributed by atoms with Crippen molar-refractivity contribution in [3.63, 3.8) is 0 Å². The van der Waals surface area contributed by atoms with Gasteiger partial charge in [0.15, 0.2) is 0 Å². The second-order valence-corrected chi connectivity index (χ2v) is 5.06. The minimum Gasteiger partial charge on any atom is -0.508 e. The van der Waals surface area contributed by atoms with Gasteiger partial charge in [0.1, 0.15) is 5.75 Å². The average Bonchev–Trinajstić information content (AvgIpc) is 2.37. The van der Waals surface area contributed by atoms with Crippen LogP contribution in [0.2, 0.25) is 0 Å². The molecule has 18 heavy (non-hydrogen) atoms. The van der Waals surface area contributed by atoms with Gasteiger partial charge >= 0.3 is 0 Å². The molecule has 2 atom stereocenters. The van der Waals surface area contributed by atoms with Crippen LogP contribution in [0.4, 0.5) is 0 Å². The Balaban J connectivity index is 2.05. The van der Waals surface area contributed by atoms with Gasteiger partial charge in [0.2, 0.25) is 0 Å². The van der Waals surface area contributed by atoms with Crippen LogP contribution in [0.5, 0.6) is 5.75 Å². The summed E-state index contributed by atoms with van der Waals surface area (Å²) in [5.41, 5.74) is 2.62. The lowest BCUT2D eigenvalue weighted by Gasteiger charge is -2.29. The zero-order chi connectivity index (χ0) is 13.0. The lowest BCUT2D eigenvalue weighted by molar-refractivity contribution is 0.122. The molecule has 3 heteroatoms. The van der Waals surface area contributed by atoms with Crippen LogP contribution in [0, 0.1) is 0 Å². The number of aryl methyl sites for hydroxylation is 1. The standard InChI is InChI=1S/C15H23NO2/c1-3-18-10-11(2)16-15-6-4-5-12-7-8-13(17)9-14(12)15/h7-9,11,15-17H,3-6,10H2,1-2H3. The van der Waals surface area contributed by atoms with Gasteiger partial charge in [-0.2, -0.15) is 0 Å². The van der Waals surface area contributed by atoms with Crippen LogP contribution in [-0.4, -0.2) is 24.4 Å². The van der Waals surface area contributed by atoms with Gasteiger partial charge in [-0.15, -0.1) is 0 Å². The Labute approximate surface area is 109 Å². The van der Waals surface area contributed by atoms with Gasteiger partial charge in [-0.25, -0.2) is 0 Å². The number of hydrogen-bond donors (Lipinski definition) is 2. The van der Waals surface area contributed by atoms with Crippen molar-refractivity contribution in [3.8, 4) is 5.75 Å². The molecule has 0 aromatic heterocycles. The summed E-state index contributed by atoms with van der Waals surface area (Å²) in [4.78, 5) is 0. The van der Waals surface area contributed by atoms with E-state index < -0.39 is 0 Å². The van der Waals surface area contributed by atoms with Crippen molar-refractivity contribution >= 4 is 0 Å². The Bertz CT molecular complexity index is 392. The second-order valence-electron chi connectivity index (χ2n) is 5.06. The minimum absolute atomic E-state index is 0.336. The number of nitrogens with one attached hydrogen (secondary N) is 1. The molecule has 0 fully saturated rings. The van der Waals surface area contributed by atoms with Gasteiger partial charge in [-0.3, -0.25) is 0 Å². The van der Waals surface area contributed by atoms with Crippen LogP contribution in [0.1, 0.15) is 43.9 Å². The number of phenolic OH excluding ortho intramolecular Hbond substituents is 1. The monoisotopic (exact) mass is 249 g/mol. The quantitative estimate of drug-likeness (QED) is 0.843. The maximum absolute atomic E-state index is 9.63. The van der Waals surface area contributed by atoms with Crippen LogP contribution in [0.3, 0.4) is 0 Å². The molecule has 0 spiro atoms. The molecule has 2 N–H and O–H groups in total. The highest BCUT2D eigenvalue weighted by atomic mass is 16.5. The van der Waals surface area contributed by atoms with Crippen molar-refractivity contribution in [1.82, 2.24) is 5.32 Å². The fraction of sp³-hybridized carbons (Fsp3) is 0.600. The first-order valence-electron chi connectivity index (χ1n) is 6.86. The molecule has 0 saturated carbocycles. The van der Waals surface area contributed by atoms with Crippen molar-refractivity contribution in [2.24, 2.45) is 0 Å². The van der Waals surface area contributed by atoms with Crippen LogP contribution in [-0.2, 0) is 11.2 Å². The highest BCUT2D eigenvalue weighted by Gasteiger charge is 2.21. The topological polar surface area (TPSA) is 41.5 Å². The van der Waals surface area contributed by atoms with Crippen molar-refractivity contribution in [2.75, 3.05) is 13.2 Å².